The van der Waals surface area contributed by atoms with Crippen molar-refractivity contribution in [2.24, 2.45) is 0 Å². The quantitative estimate of drug-likeness (QED) is 0.823. The molecule has 0 saturated heterocycles. The molecule has 0 unspecified atom stereocenters. The van der Waals surface area contributed by atoms with E-state index < -0.39 is 0 Å². The van der Waals surface area contributed by atoms with Crippen molar-refractivity contribution in [2.45, 2.75) is 26.6 Å². The Bertz CT molecular complexity index is 589. The summed E-state index contributed by atoms with van der Waals surface area (Å²) in [6.45, 7) is 4.69. The molecular weight excluding hydrogens is 289 g/mol. The van der Waals surface area contributed by atoms with Crippen molar-refractivity contribution >= 4 is 11.6 Å². The Kier molecular flexibility index (Phi) is 6.18. The molecular formula is C17H19ClFNO. The molecule has 0 bridgehead atoms. The second-order valence-electron chi connectivity index (χ2n) is 4.76. The molecule has 0 saturated carbocycles. The average molecular weight is 308 g/mol. The van der Waals surface area contributed by atoms with Gasteiger partial charge >= 0.3 is 0 Å². The molecule has 0 aliphatic heterocycles. The Morgan fingerprint density at radius 3 is 2.57 bits per heavy atom. The van der Waals surface area contributed by atoms with Crippen LogP contribution in [0.25, 0.3) is 0 Å². The van der Waals surface area contributed by atoms with Crippen LogP contribution in [0.2, 0.25) is 5.02 Å². The van der Waals surface area contributed by atoms with Crippen molar-refractivity contribution in [1.29, 1.82) is 0 Å². The zero-order valence-corrected chi connectivity index (χ0v) is 12.8. The van der Waals surface area contributed by atoms with E-state index in [1.165, 1.54) is 17.2 Å². The minimum absolute atomic E-state index is 0.158. The fourth-order valence-electron chi connectivity index (χ4n) is 2.07. The molecule has 112 valence electrons. The average Bonchev–Trinajstić information content (AvgIpc) is 2.50. The van der Waals surface area contributed by atoms with Gasteiger partial charge in [0.25, 0.3) is 0 Å². The predicted octanol–water partition coefficient (Wildman–Crippen LogP) is 4.31. The van der Waals surface area contributed by atoms with Crippen molar-refractivity contribution in [3.05, 3.63) is 70.0 Å². The van der Waals surface area contributed by atoms with Crippen molar-refractivity contribution in [2.75, 3.05) is 6.61 Å². The molecule has 0 amide bonds. The lowest BCUT2D eigenvalue weighted by molar-refractivity contribution is 0.133. The van der Waals surface area contributed by atoms with E-state index in [4.69, 9.17) is 16.3 Å². The topological polar surface area (TPSA) is 21.3 Å². The van der Waals surface area contributed by atoms with Crippen LogP contribution in [0.5, 0.6) is 0 Å². The third kappa shape index (κ3) is 4.81. The molecule has 0 fully saturated rings. The molecule has 2 nitrogen and oxygen atoms in total. The number of hydrogen-bond donors (Lipinski definition) is 1. The predicted molar refractivity (Wildman–Crippen MR) is 83.7 cm³/mol. The maximum atomic E-state index is 13.1. The van der Waals surface area contributed by atoms with Crippen LogP contribution >= 0.6 is 11.6 Å². The zero-order chi connectivity index (χ0) is 15.1. The van der Waals surface area contributed by atoms with E-state index in [0.717, 1.165) is 12.1 Å². The summed E-state index contributed by atoms with van der Waals surface area (Å²) in [6.07, 6.45) is 0. The summed E-state index contributed by atoms with van der Waals surface area (Å²) in [4.78, 5) is 0. The number of rotatable bonds is 7. The van der Waals surface area contributed by atoms with Crippen LogP contribution in [0.4, 0.5) is 4.39 Å². The van der Waals surface area contributed by atoms with Gasteiger partial charge < -0.3 is 10.1 Å². The summed E-state index contributed by atoms with van der Waals surface area (Å²) in [5.41, 5.74) is 3.35. The molecule has 0 heterocycles. The first-order chi connectivity index (χ1) is 10.2. The highest BCUT2D eigenvalue weighted by atomic mass is 35.5. The molecule has 2 aromatic rings. The number of benzene rings is 2. The van der Waals surface area contributed by atoms with E-state index >= 15 is 0 Å². The number of nitrogens with one attached hydrogen (secondary N) is 1. The fraction of sp³-hybridized carbons (Fsp3) is 0.294. The van der Waals surface area contributed by atoms with Crippen molar-refractivity contribution in [1.82, 2.24) is 5.32 Å². The molecule has 21 heavy (non-hydrogen) atoms. The summed E-state index contributed by atoms with van der Waals surface area (Å²) in [6, 6.07) is 13.0. The highest BCUT2D eigenvalue weighted by molar-refractivity contribution is 6.30. The van der Waals surface area contributed by atoms with Crippen molar-refractivity contribution < 1.29 is 9.13 Å². The van der Waals surface area contributed by atoms with Crippen LogP contribution < -0.4 is 5.32 Å². The number of ether oxygens (including phenoxy) is 1. The van der Waals surface area contributed by atoms with E-state index in [-0.39, 0.29) is 10.8 Å². The molecule has 4 heteroatoms. The van der Waals surface area contributed by atoms with Gasteiger partial charge in [0, 0.05) is 19.7 Å². The Labute approximate surface area is 129 Å². The van der Waals surface area contributed by atoms with Gasteiger partial charge in [0.1, 0.15) is 5.82 Å². The van der Waals surface area contributed by atoms with E-state index in [1.807, 2.05) is 19.1 Å². The van der Waals surface area contributed by atoms with Crippen LogP contribution in [0.3, 0.4) is 0 Å². The van der Waals surface area contributed by atoms with Crippen LogP contribution in [0.1, 0.15) is 23.6 Å². The summed E-state index contributed by atoms with van der Waals surface area (Å²) >= 11 is 5.77. The first-order valence-electron chi connectivity index (χ1n) is 7.00. The first-order valence-corrected chi connectivity index (χ1v) is 7.37. The normalized spacial score (nSPS) is 10.8. The zero-order valence-electron chi connectivity index (χ0n) is 12.0. The van der Waals surface area contributed by atoms with E-state index in [9.17, 15) is 4.39 Å². The van der Waals surface area contributed by atoms with E-state index in [2.05, 4.69) is 17.4 Å². The maximum Gasteiger partial charge on any atom is 0.141 e. The summed E-state index contributed by atoms with van der Waals surface area (Å²) < 4.78 is 18.6. The summed E-state index contributed by atoms with van der Waals surface area (Å²) in [5.74, 6) is -0.387. The second-order valence-corrected chi connectivity index (χ2v) is 5.17. The first kappa shape index (κ1) is 16.0. The Morgan fingerprint density at radius 2 is 1.86 bits per heavy atom. The molecule has 1 N–H and O–H groups in total. The molecule has 0 aliphatic carbocycles. The molecule has 0 atom stereocenters. The van der Waals surface area contributed by atoms with Gasteiger partial charge in [-0.25, -0.2) is 4.39 Å². The lowest BCUT2D eigenvalue weighted by Gasteiger charge is -2.11. The van der Waals surface area contributed by atoms with Crippen LogP contribution in [0, 0.1) is 5.82 Å². The maximum absolute atomic E-state index is 13.1. The minimum atomic E-state index is -0.387. The molecule has 0 spiro atoms. The third-order valence-corrected chi connectivity index (χ3v) is 3.50. The summed E-state index contributed by atoms with van der Waals surface area (Å²) in [5, 5.41) is 3.50. The van der Waals surface area contributed by atoms with Crippen molar-refractivity contribution in [3.63, 3.8) is 0 Å². The molecule has 2 rings (SSSR count). The molecule has 2 aromatic carbocycles. The van der Waals surface area contributed by atoms with Crippen LogP contribution in [0.15, 0.2) is 42.5 Å². The molecule has 0 radical (unpaired) electrons. The van der Waals surface area contributed by atoms with E-state index in [1.54, 1.807) is 12.1 Å². The van der Waals surface area contributed by atoms with Gasteiger partial charge in [0.2, 0.25) is 0 Å². The van der Waals surface area contributed by atoms with Gasteiger partial charge in [0.15, 0.2) is 0 Å². The minimum Gasteiger partial charge on any atom is -0.377 e. The van der Waals surface area contributed by atoms with Gasteiger partial charge in [-0.15, -0.1) is 0 Å². The number of hydrogen-bond acceptors (Lipinski definition) is 2. The Morgan fingerprint density at radius 1 is 1.10 bits per heavy atom. The standard InChI is InChI=1S/C17H19ClFNO/c1-2-21-12-15-6-4-3-5-14(15)11-20-10-13-7-8-17(19)16(18)9-13/h3-9,20H,2,10-12H2,1H3. The highest BCUT2D eigenvalue weighted by Gasteiger charge is 2.03. The van der Waals surface area contributed by atoms with Gasteiger partial charge in [-0.05, 0) is 35.7 Å². The van der Waals surface area contributed by atoms with Gasteiger partial charge in [-0.3, -0.25) is 0 Å². The highest BCUT2D eigenvalue weighted by Crippen LogP contribution is 2.16. The SMILES string of the molecule is CCOCc1ccccc1CNCc1ccc(F)c(Cl)c1. The largest absolute Gasteiger partial charge is 0.377 e. The Balaban J connectivity index is 1.92. The summed E-state index contributed by atoms with van der Waals surface area (Å²) in [7, 11) is 0. The Hall–Kier alpha value is -1.42. The molecule has 0 aromatic heterocycles. The monoisotopic (exact) mass is 307 g/mol. The van der Waals surface area contributed by atoms with Crippen LogP contribution in [-0.4, -0.2) is 6.61 Å². The smallest absolute Gasteiger partial charge is 0.141 e. The lowest BCUT2D eigenvalue weighted by atomic mass is 10.1. The van der Waals surface area contributed by atoms with Gasteiger partial charge in [-0.2, -0.15) is 0 Å². The van der Waals surface area contributed by atoms with Crippen LogP contribution in [-0.2, 0) is 24.4 Å². The number of halogens is 2. The van der Waals surface area contributed by atoms with Gasteiger partial charge in [-0.1, -0.05) is 41.9 Å². The fourth-order valence-corrected chi connectivity index (χ4v) is 2.28. The van der Waals surface area contributed by atoms with E-state index in [0.29, 0.717) is 19.8 Å². The second kappa shape index (κ2) is 8.13. The lowest BCUT2D eigenvalue weighted by Crippen LogP contribution is -2.14. The van der Waals surface area contributed by atoms with Gasteiger partial charge in [0.05, 0.1) is 11.6 Å². The molecule has 0 aliphatic rings. The van der Waals surface area contributed by atoms with Crippen molar-refractivity contribution in [3.8, 4) is 0 Å². The third-order valence-electron chi connectivity index (χ3n) is 3.21.